The van der Waals surface area contributed by atoms with Crippen molar-refractivity contribution >= 4 is 5.96 Å². The summed E-state index contributed by atoms with van der Waals surface area (Å²) in [5.74, 6) is 1.47. The molecule has 20 heavy (non-hydrogen) atoms. The van der Waals surface area contributed by atoms with E-state index in [2.05, 4.69) is 54.6 Å². The molecule has 110 valence electrons. The van der Waals surface area contributed by atoms with Crippen molar-refractivity contribution in [1.82, 2.24) is 10.6 Å². The van der Waals surface area contributed by atoms with Crippen LogP contribution in [0.5, 0.6) is 0 Å². The lowest BCUT2D eigenvalue weighted by molar-refractivity contribution is 0.481. The zero-order valence-electron chi connectivity index (χ0n) is 13.2. The standard InChI is InChI=1S/C17H27N3/c1-12(2)13(3)20-17(18-4)19-11-14-8-9-15-6-5-7-16(15)10-14/h8-10,12-13H,5-7,11H2,1-4H3,(H2,18,19,20). The highest BCUT2D eigenvalue weighted by Gasteiger charge is 2.11. The number of aliphatic imine (C=N–C) groups is 1. The van der Waals surface area contributed by atoms with E-state index in [1.54, 1.807) is 0 Å². The minimum Gasteiger partial charge on any atom is -0.354 e. The fourth-order valence-electron chi connectivity index (χ4n) is 2.50. The molecule has 1 aromatic carbocycles. The Balaban J connectivity index is 1.90. The van der Waals surface area contributed by atoms with Gasteiger partial charge in [-0.15, -0.1) is 0 Å². The van der Waals surface area contributed by atoms with Crippen molar-refractivity contribution in [2.45, 2.75) is 52.6 Å². The first kappa shape index (κ1) is 14.9. The number of aryl methyl sites for hydroxylation is 2. The maximum Gasteiger partial charge on any atom is 0.191 e. The second kappa shape index (κ2) is 6.78. The molecule has 1 aliphatic rings. The molecule has 0 aliphatic heterocycles. The van der Waals surface area contributed by atoms with Gasteiger partial charge in [-0.2, -0.15) is 0 Å². The number of benzene rings is 1. The Morgan fingerprint density at radius 3 is 2.65 bits per heavy atom. The molecule has 0 saturated heterocycles. The normalized spacial score (nSPS) is 16.1. The number of rotatable bonds is 4. The minimum absolute atomic E-state index is 0.418. The summed E-state index contributed by atoms with van der Waals surface area (Å²) in [5, 5.41) is 6.83. The Labute approximate surface area is 122 Å². The van der Waals surface area contributed by atoms with Crippen LogP contribution in [-0.2, 0) is 19.4 Å². The molecule has 0 aromatic heterocycles. The average molecular weight is 273 g/mol. The summed E-state index contributed by atoms with van der Waals surface area (Å²) in [7, 11) is 1.82. The highest BCUT2D eigenvalue weighted by Crippen LogP contribution is 2.22. The Kier molecular flexibility index (Phi) is 5.05. The molecule has 0 bridgehead atoms. The molecule has 0 spiro atoms. The Bertz CT molecular complexity index is 477. The molecule has 1 aliphatic carbocycles. The monoisotopic (exact) mass is 273 g/mol. The van der Waals surface area contributed by atoms with Crippen molar-refractivity contribution in [3.63, 3.8) is 0 Å². The predicted octanol–water partition coefficient (Wildman–Crippen LogP) is 2.88. The van der Waals surface area contributed by atoms with Crippen LogP contribution in [0.1, 0.15) is 43.9 Å². The van der Waals surface area contributed by atoms with Crippen LogP contribution in [0.3, 0.4) is 0 Å². The van der Waals surface area contributed by atoms with Gasteiger partial charge in [-0.25, -0.2) is 0 Å². The summed E-state index contributed by atoms with van der Waals surface area (Å²) >= 11 is 0. The second-order valence-electron chi connectivity index (χ2n) is 6.06. The molecule has 2 rings (SSSR count). The Morgan fingerprint density at radius 2 is 1.95 bits per heavy atom. The minimum atomic E-state index is 0.418. The van der Waals surface area contributed by atoms with Gasteiger partial charge in [-0.05, 0) is 48.8 Å². The van der Waals surface area contributed by atoms with Gasteiger partial charge < -0.3 is 10.6 Å². The smallest absolute Gasteiger partial charge is 0.191 e. The first-order valence-electron chi connectivity index (χ1n) is 7.68. The summed E-state index contributed by atoms with van der Waals surface area (Å²) in [6.45, 7) is 7.45. The summed E-state index contributed by atoms with van der Waals surface area (Å²) in [6, 6.07) is 7.28. The molecule has 2 N–H and O–H groups in total. The van der Waals surface area contributed by atoms with Crippen LogP contribution in [0.2, 0.25) is 0 Å². The highest BCUT2D eigenvalue weighted by molar-refractivity contribution is 5.79. The van der Waals surface area contributed by atoms with Gasteiger partial charge in [0.1, 0.15) is 0 Å². The van der Waals surface area contributed by atoms with E-state index in [0.717, 1.165) is 12.5 Å². The number of hydrogen-bond donors (Lipinski definition) is 2. The lowest BCUT2D eigenvalue weighted by Crippen LogP contribution is -2.43. The highest BCUT2D eigenvalue weighted by atomic mass is 15.2. The third kappa shape index (κ3) is 3.75. The fourth-order valence-corrected chi connectivity index (χ4v) is 2.50. The van der Waals surface area contributed by atoms with E-state index in [1.165, 1.54) is 36.0 Å². The van der Waals surface area contributed by atoms with Gasteiger partial charge in [0.05, 0.1) is 0 Å². The number of guanidine groups is 1. The van der Waals surface area contributed by atoms with Crippen LogP contribution in [0.25, 0.3) is 0 Å². The van der Waals surface area contributed by atoms with Crippen molar-refractivity contribution in [2.24, 2.45) is 10.9 Å². The number of nitrogens with zero attached hydrogens (tertiary/aromatic N) is 1. The lowest BCUT2D eigenvalue weighted by atomic mass is 10.1. The SMILES string of the molecule is CN=C(NCc1ccc2c(c1)CCC2)NC(C)C(C)C. The van der Waals surface area contributed by atoms with Gasteiger partial charge in [0.15, 0.2) is 5.96 Å². The van der Waals surface area contributed by atoms with Crippen LogP contribution < -0.4 is 10.6 Å². The number of hydrogen-bond acceptors (Lipinski definition) is 1. The van der Waals surface area contributed by atoms with Crippen LogP contribution >= 0.6 is 0 Å². The maximum atomic E-state index is 4.29. The first-order valence-corrected chi connectivity index (χ1v) is 7.68. The zero-order valence-corrected chi connectivity index (χ0v) is 13.2. The second-order valence-corrected chi connectivity index (χ2v) is 6.06. The third-order valence-electron chi connectivity index (χ3n) is 4.21. The molecule has 0 fully saturated rings. The van der Waals surface area contributed by atoms with E-state index in [9.17, 15) is 0 Å². The Hall–Kier alpha value is -1.51. The molecule has 0 heterocycles. The quantitative estimate of drug-likeness (QED) is 0.654. The van der Waals surface area contributed by atoms with E-state index in [0.29, 0.717) is 12.0 Å². The zero-order chi connectivity index (χ0) is 14.5. The van der Waals surface area contributed by atoms with Crippen LogP contribution in [0, 0.1) is 5.92 Å². The van der Waals surface area contributed by atoms with Crippen molar-refractivity contribution in [1.29, 1.82) is 0 Å². The molecule has 0 saturated carbocycles. The van der Waals surface area contributed by atoms with E-state index in [1.807, 2.05) is 7.05 Å². The van der Waals surface area contributed by atoms with Crippen LogP contribution in [0.15, 0.2) is 23.2 Å². The van der Waals surface area contributed by atoms with Crippen molar-refractivity contribution < 1.29 is 0 Å². The molecule has 1 unspecified atom stereocenters. The Morgan fingerprint density at radius 1 is 1.20 bits per heavy atom. The van der Waals surface area contributed by atoms with Crippen molar-refractivity contribution in [3.05, 3.63) is 34.9 Å². The summed E-state index contributed by atoms with van der Waals surface area (Å²) < 4.78 is 0. The summed E-state index contributed by atoms with van der Waals surface area (Å²) in [4.78, 5) is 4.29. The first-order chi connectivity index (χ1) is 9.60. The van der Waals surface area contributed by atoms with Crippen LogP contribution in [0.4, 0.5) is 0 Å². The molecule has 0 radical (unpaired) electrons. The molecular weight excluding hydrogens is 246 g/mol. The van der Waals surface area contributed by atoms with E-state index in [-0.39, 0.29) is 0 Å². The summed E-state index contributed by atoms with van der Waals surface area (Å²) in [6.07, 6.45) is 3.79. The predicted molar refractivity (Wildman–Crippen MR) is 86.1 cm³/mol. The molecule has 3 heteroatoms. The summed E-state index contributed by atoms with van der Waals surface area (Å²) in [5.41, 5.74) is 4.40. The lowest BCUT2D eigenvalue weighted by Gasteiger charge is -2.20. The van der Waals surface area contributed by atoms with Gasteiger partial charge in [0.25, 0.3) is 0 Å². The average Bonchev–Trinajstić information content (AvgIpc) is 2.90. The van der Waals surface area contributed by atoms with Gasteiger partial charge in [0.2, 0.25) is 0 Å². The van der Waals surface area contributed by atoms with Crippen molar-refractivity contribution in [3.8, 4) is 0 Å². The van der Waals surface area contributed by atoms with Crippen molar-refractivity contribution in [2.75, 3.05) is 7.05 Å². The van der Waals surface area contributed by atoms with Gasteiger partial charge in [-0.1, -0.05) is 32.0 Å². The fraction of sp³-hybridized carbons (Fsp3) is 0.588. The number of fused-ring (bicyclic) bond motifs is 1. The molecule has 1 aromatic rings. The van der Waals surface area contributed by atoms with Crippen LogP contribution in [-0.4, -0.2) is 19.0 Å². The van der Waals surface area contributed by atoms with E-state index in [4.69, 9.17) is 0 Å². The van der Waals surface area contributed by atoms with Gasteiger partial charge in [0, 0.05) is 19.6 Å². The van der Waals surface area contributed by atoms with Gasteiger partial charge >= 0.3 is 0 Å². The number of nitrogens with one attached hydrogen (secondary N) is 2. The molecule has 3 nitrogen and oxygen atoms in total. The molecule has 1 atom stereocenters. The van der Waals surface area contributed by atoms with Gasteiger partial charge in [-0.3, -0.25) is 4.99 Å². The third-order valence-corrected chi connectivity index (χ3v) is 4.21. The largest absolute Gasteiger partial charge is 0.354 e. The maximum absolute atomic E-state index is 4.29. The van der Waals surface area contributed by atoms with E-state index < -0.39 is 0 Å². The van der Waals surface area contributed by atoms with E-state index >= 15 is 0 Å². The topological polar surface area (TPSA) is 36.4 Å². The molecular formula is C17H27N3. The molecule has 0 amide bonds.